The van der Waals surface area contributed by atoms with Gasteiger partial charge in [-0.3, -0.25) is 4.98 Å². The molecule has 0 amide bonds. The number of hydrogen-bond donors (Lipinski definition) is 1. The van der Waals surface area contributed by atoms with E-state index in [1.807, 2.05) is 6.20 Å². The zero-order valence-corrected chi connectivity index (χ0v) is 14.1. The van der Waals surface area contributed by atoms with Gasteiger partial charge in [-0.2, -0.15) is 0 Å². The maximum Gasteiger partial charge on any atom is 0.194 e. The molecule has 122 valence electrons. The Morgan fingerprint density at radius 2 is 2.04 bits per heavy atom. The maximum absolute atomic E-state index is 4.85. The molecule has 0 bridgehead atoms. The summed E-state index contributed by atoms with van der Waals surface area (Å²) < 4.78 is 0. The van der Waals surface area contributed by atoms with Crippen LogP contribution in [0.3, 0.4) is 0 Å². The normalized spacial score (nSPS) is 16.8. The summed E-state index contributed by atoms with van der Waals surface area (Å²) >= 11 is 0. The Bertz CT molecular complexity index is 667. The summed E-state index contributed by atoms with van der Waals surface area (Å²) in [6.45, 7) is 8.16. The molecule has 0 atom stereocenters. The molecule has 1 aromatic heterocycles. The van der Waals surface area contributed by atoms with Crippen molar-refractivity contribution < 1.29 is 0 Å². The van der Waals surface area contributed by atoms with Crippen LogP contribution in [0.4, 0.5) is 0 Å². The van der Waals surface area contributed by atoms with Gasteiger partial charge in [0, 0.05) is 31.2 Å². The van der Waals surface area contributed by atoms with E-state index in [0.29, 0.717) is 6.54 Å². The van der Waals surface area contributed by atoms with E-state index in [1.54, 1.807) is 0 Å². The first-order valence-electron chi connectivity index (χ1n) is 8.64. The number of fused-ring (bicyclic) bond motifs is 1. The summed E-state index contributed by atoms with van der Waals surface area (Å²) in [7, 11) is 0. The second-order valence-corrected chi connectivity index (χ2v) is 6.32. The number of hydrogen-bond acceptors (Lipinski definition) is 2. The number of piperidine rings is 1. The van der Waals surface area contributed by atoms with Crippen molar-refractivity contribution in [1.82, 2.24) is 15.2 Å². The first-order valence-corrected chi connectivity index (χ1v) is 8.64. The lowest BCUT2D eigenvalue weighted by Crippen LogP contribution is -2.45. The van der Waals surface area contributed by atoms with Crippen molar-refractivity contribution in [3.8, 4) is 0 Å². The molecule has 1 N–H and O–H groups in total. The van der Waals surface area contributed by atoms with Crippen molar-refractivity contribution in [2.75, 3.05) is 19.6 Å². The first-order chi connectivity index (χ1) is 11.3. The van der Waals surface area contributed by atoms with Crippen LogP contribution in [-0.2, 0) is 6.54 Å². The Morgan fingerprint density at radius 1 is 1.26 bits per heavy atom. The van der Waals surface area contributed by atoms with E-state index >= 15 is 0 Å². The average Bonchev–Trinajstić information content (AvgIpc) is 2.59. The van der Waals surface area contributed by atoms with Gasteiger partial charge in [0.25, 0.3) is 0 Å². The van der Waals surface area contributed by atoms with Gasteiger partial charge in [-0.05, 0) is 37.1 Å². The second kappa shape index (κ2) is 7.44. The summed E-state index contributed by atoms with van der Waals surface area (Å²) in [5.74, 6) is 1.85. The predicted octanol–water partition coefficient (Wildman–Crippen LogP) is 3.43. The van der Waals surface area contributed by atoms with Crippen LogP contribution in [0.15, 0.2) is 41.5 Å². The smallest absolute Gasteiger partial charge is 0.194 e. The molecule has 3 rings (SSSR count). The molecule has 1 aliphatic heterocycles. The molecular formula is C19H26N4. The van der Waals surface area contributed by atoms with Crippen LogP contribution in [-0.4, -0.2) is 35.5 Å². The lowest BCUT2D eigenvalue weighted by molar-refractivity contribution is 0.273. The number of aromatic nitrogens is 1. The van der Waals surface area contributed by atoms with E-state index in [4.69, 9.17) is 4.99 Å². The molecule has 4 nitrogen and oxygen atoms in total. The third kappa shape index (κ3) is 3.81. The highest BCUT2D eigenvalue weighted by Crippen LogP contribution is 2.18. The highest BCUT2D eigenvalue weighted by molar-refractivity contribution is 5.85. The van der Waals surface area contributed by atoms with E-state index in [1.165, 1.54) is 23.6 Å². The molecule has 1 fully saturated rings. The fourth-order valence-electron chi connectivity index (χ4n) is 3.10. The van der Waals surface area contributed by atoms with Crippen molar-refractivity contribution >= 4 is 16.7 Å². The lowest BCUT2D eigenvalue weighted by Gasteiger charge is -2.33. The minimum atomic E-state index is 0.621. The van der Waals surface area contributed by atoms with Gasteiger partial charge in [0.05, 0.1) is 12.2 Å². The molecule has 0 radical (unpaired) electrons. The minimum absolute atomic E-state index is 0.621. The molecule has 2 aromatic rings. The van der Waals surface area contributed by atoms with E-state index in [9.17, 15) is 0 Å². The molecule has 0 spiro atoms. The van der Waals surface area contributed by atoms with E-state index in [2.05, 4.69) is 59.4 Å². The molecule has 4 heteroatoms. The van der Waals surface area contributed by atoms with Gasteiger partial charge < -0.3 is 10.2 Å². The Hall–Kier alpha value is -2.10. The van der Waals surface area contributed by atoms with Crippen molar-refractivity contribution in [1.29, 1.82) is 0 Å². The number of aliphatic imine (C=N–C) groups is 1. The number of rotatable bonds is 3. The van der Waals surface area contributed by atoms with Gasteiger partial charge in [-0.1, -0.05) is 31.2 Å². The highest BCUT2D eigenvalue weighted by atomic mass is 15.3. The summed E-state index contributed by atoms with van der Waals surface area (Å²) in [6.07, 6.45) is 4.37. The molecule has 1 aromatic carbocycles. The van der Waals surface area contributed by atoms with Gasteiger partial charge in [0.2, 0.25) is 0 Å². The standard InChI is InChI=1S/C19H26N4/c1-3-20-19(23-12-9-15(2)10-13-23)22-14-18-17-7-5-4-6-16(17)8-11-21-18/h4-8,11,15H,3,9-10,12-14H2,1-2H3,(H,20,22). The van der Waals surface area contributed by atoms with Gasteiger partial charge in [0.15, 0.2) is 5.96 Å². The highest BCUT2D eigenvalue weighted by Gasteiger charge is 2.18. The van der Waals surface area contributed by atoms with Gasteiger partial charge in [-0.25, -0.2) is 4.99 Å². The minimum Gasteiger partial charge on any atom is -0.357 e. The molecular weight excluding hydrogens is 284 g/mol. The quantitative estimate of drug-likeness (QED) is 0.697. The Morgan fingerprint density at radius 3 is 2.83 bits per heavy atom. The van der Waals surface area contributed by atoms with Crippen LogP contribution in [0.1, 0.15) is 32.4 Å². The summed E-state index contributed by atoms with van der Waals surface area (Å²) in [5, 5.41) is 5.86. The van der Waals surface area contributed by atoms with Gasteiger partial charge in [0.1, 0.15) is 0 Å². The third-order valence-corrected chi connectivity index (χ3v) is 4.55. The molecule has 1 aliphatic rings. The van der Waals surface area contributed by atoms with Crippen LogP contribution in [0.25, 0.3) is 10.8 Å². The Balaban J connectivity index is 1.79. The SMILES string of the molecule is CCNC(=NCc1nccc2ccccc12)N1CCC(C)CC1. The zero-order valence-electron chi connectivity index (χ0n) is 14.1. The molecule has 23 heavy (non-hydrogen) atoms. The summed E-state index contributed by atoms with van der Waals surface area (Å²) in [4.78, 5) is 11.8. The van der Waals surface area contributed by atoms with Crippen LogP contribution in [0, 0.1) is 5.92 Å². The summed E-state index contributed by atoms with van der Waals surface area (Å²) in [5.41, 5.74) is 1.05. The van der Waals surface area contributed by atoms with Crippen LogP contribution in [0.2, 0.25) is 0 Å². The number of nitrogens with one attached hydrogen (secondary N) is 1. The van der Waals surface area contributed by atoms with E-state index in [-0.39, 0.29) is 0 Å². The average molecular weight is 310 g/mol. The van der Waals surface area contributed by atoms with E-state index < -0.39 is 0 Å². The molecule has 2 heterocycles. The fourth-order valence-corrected chi connectivity index (χ4v) is 3.10. The van der Waals surface area contributed by atoms with Crippen LogP contribution in [0.5, 0.6) is 0 Å². The van der Waals surface area contributed by atoms with Gasteiger partial charge in [-0.15, -0.1) is 0 Å². The number of nitrogens with zero attached hydrogens (tertiary/aromatic N) is 3. The number of likely N-dealkylation sites (tertiary alicyclic amines) is 1. The monoisotopic (exact) mass is 310 g/mol. The number of guanidine groups is 1. The topological polar surface area (TPSA) is 40.5 Å². The Labute approximate surface area is 138 Å². The zero-order chi connectivity index (χ0) is 16.1. The largest absolute Gasteiger partial charge is 0.357 e. The van der Waals surface area contributed by atoms with Crippen LogP contribution < -0.4 is 5.32 Å². The first kappa shape index (κ1) is 15.8. The third-order valence-electron chi connectivity index (χ3n) is 4.55. The number of pyridine rings is 1. The van der Waals surface area contributed by atoms with Crippen molar-refractivity contribution in [3.05, 3.63) is 42.2 Å². The van der Waals surface area contributed by atoms with Gasteiger partial charge >= 0.3 is 0 Å². The second-order valence-electron chi connectivity index (χ2n) is 6.32. The predicted molar refractivity (Wildman–Crippen MR) is 96.5 cm³/mol. The fraction of sp³-hybridized carbons (Fsp3) is 0.474. The lowest BCUT2D eigenvalue weighted by atomic mass is 10.00. The Kier molecular flexibility index (Phi) is 5.11. The molecule has 0 aliphatic carbocycles. The van der Waals surface area contributed by atoms with Crippen molar-refractivity contribution in [3.63, 3.8) is 0 Å². The van der Waals surface area contributed by atoms with Crippen molar-refractivity contribution in [2.45, 2.75) is 33.2 Å². The maximum atomic E-state index is 4.85. The van der Waals surface area contributed by atoms with Crippen LogP contribution >= 0.6 is 0 Å². The molecule has 1 saturated heterocycles. The van der Waals surface area contributed by atoms with Crippen molar-refractivity contribution in [2.24, 2.45) is 10.9 Å². The van der Waals surface area contributed by atoms with E-state index in [0.717, 1.165) is 37.2 Å². The molecule has 0 unspecified atom stereocenters. The summed E-state index contributed by atoms with van der Waals surface area (Å²) in [6, 6.07) is 10.4. The number of benzene rings is 1. The molecule has 0 saturated carbocycles.